The minimum atomic E-state index is -0.239. The van der Waals surface area contributed by atoms with Crippen molar-refractivity contribution in [1.82, 2.24) is 9.80 Å². The Morgan fingerprint density at radius 2 is 1.59 bits per heavy atom. The average Bonchev–Trinajstić information content (AvgIpc) is 3.68. The van der Waals surface area contributed by atoms with Crippen LogP contribution in [0.5, 0.6) is 0 Å². The number of carbonyl (C=O) groups is 3. The normalized spacial score (nSPS) is 20.8. The Morgan fingerprint density at radius 3 is 2.29 bits per heavy atom. The molecular weight excluding hydrogens is 446 g/mol. The molecule has 180 valence electrons. The minimum absolute atomic E-state index is 0.0140. The summed E-state index contributed by atoms with van der Waals surface area (Å²) >= 11 is 1.49. The molecule has 7 heteroatoms. The predicted octanol–water partition coefficient (Wildman–Crippen LogP) is 4.94. The molecule has 3 aliphatic rings. The topological polar surface area (TPSA) is 69.7 Å². The summed E-state index contributed by atoms with van der Waals surface area (Å²) in [5.74, 6) is 0.0692. The maximum absolute atomic E-state index is 13.6. The molecule has 6 nitrogen and oxygen atoms in total. The van der Waals surface area contributed by atoms with Crippen molar-refractivity contribution in [2.45, 2.75) is 51.9 Å². The Balaban J connectivity index is 1.40. The van der Waals surface area contributed by atoms with E-state index >= 15 is 0 Å². The molecule has 3 fully saturated rings. The Kier molecular flexibility index (Phi) is 6.73. The molecule has 1 aliphatic carbocycles. The van der Waals surface area contributed by atoms with Crippen molar-refractivity contribution >= 4 is 34.1 Å². The summed E-state index contributed by atoms with van der Waals surface area (Å²) in [6.45, 7) is 4.74. The lowest BCUT2D eigenvalue weighted by molar-refractivity contribution is -0.135. The van der Waals surface area contributed by atoms with Crippen molar-refractivity contribution in [2.24, 2.45) is 11.8 Å². The lowest BCUT2D eigenvalue weighted by Crippen LogP contribution is -2.44. The first-order chi connectivity index (χ1) is 16.5. The molecule has 1 N–H and O–H groups in total. The van der Waals surface area contributed by atoms with Gasteiger partial charge in [-0.2, -0.15) is 0 Å². The minimum Gasteiger partial charge on any atom is -0.342 e. The maximum atomic E-state index is 13.6. The molecule has 34 heavy (non-hydrogen) atoms. The largest absolute Gasteiger partial charge is 0.342 e. The molecule has 2 saturated heterocycles. The van der Waals surface area contributed by atoms with Gasteiger partial charge < -0.3 is 15.1 Å². The standard InChI is InChI=1S/C27H33N3O3S/c1-18-22(27(33)29-14-6-3-7-15-29)25(34-23(18)19-9-4-2-5-10-19)28-24(31)21-11-8-16-30(17-21)26(32)20-12-13-20/h2,4-5,9-10,20-21H,3,6-8,11-17H2,1H3,(H,28,31). The van der Waals surface area contributed by atoms with Gasteiger partial charge in [-0.3, -0.25) is 14.4 Å². The molecule has 1 aromatic heterocycles. The SMILES string of the molecule is Cc1c(-c2ccccc2)sc(NC(=O)C2CCCN(C(=O)C3CC3)C2)c1C(=O)N1CCCCC1. The molecule has 5 rings (SSSR count). The van der Waals surface area contributed by atoms with Crippen LogP contribution in [0.3, 0.4) is 0 Å². The van der Waals surface area contributed by atoms with E-state index in [-0.39, 0.29) is 29.6 Å². The van der Waals surface area contributed by atoms with Crippen molar-refractivity contribution < 1.29 is 14.4 Å². The third-order valence-electron chi connectivity index (χ3n) is 7.31. The number of hydrogen-bond donors (Lipinski definition) is 1. The van der Waals surface area contributed by atoms with E-state index in [0.717, 1.165) is 80.6 Å². The van der Waals surface area contributed by atoms with E-state index in [0.29, 0.717) is 17.1 Å². The van der Waals surface area contributed by atoms with E-state index in [1.165, 1.54) is 11.3 Å². The van der Waals surface area contributed by atoms with Gasteiger partial charge in [0.1, 0.15) is 5.00 Å². The van der Waals surface area contributed by atoms with Crippen molar-refractivity contribution in [3.63, 3.8) is 0 Å². The van der Waals surface area contributed by atoms with E-state index in [2.05, 4.69) is 5.32 Å². The van der Waals surface area contributed by atoms with Crippen LogP contribution in [0.4, 0.5) is 5.00 Å². The van der Waals surface area contributed by atoms with Crippen LogP contribution in [0.1, 0.15) is 60.9 Å². The number of amides is 3. The van der Waals surface area contributed by atoms with Crippen LogP contribution in [0.25, 0.3) is 10.4 Å². The second-order valence-electron chi connectivity index (χ2n) is 9.87. The van der Waals surface area contributed by atoms with E-state index in [1.807, 2.05) is 47.1 Å². The summed E-state index contributed by atoms with van der Waals surface area (Å²) in [6, 6.07) is 10.1. The lowest BCUT2D eigenvalue weighted by atomic mass is 9.96. The Hall–Kier alpha value is -2.67. The van der Waals surface area contributed by atoms with Crippen LogP contribution in [0, 0.1) is 18.8 Å². The average molecular weight is 480 g/mol. The molecule has 1 saturated carbocycles. The second kappa shape index (κ2) is 9.90. The fourth-order valence-corrected chi connectivity index (χ4v) is 6.38. The summed E-state index contributed by atoms with van der Waals surface area (Å²) in [7, 11) is 0. The zero-order chi connectivity index (χ0) is 23.7. The third kappa shape index (κ3) is 4.76. The van der Waals surface area contributed by atoms with E-state index < -0.39 is 0 Å². The smallest absolute Gasteiger partial charge is 0.257 e. The summed E-state index contributed by atoms with van der Waals surface area (Å²) < 4.78 is 0. The fraction of sp³-hybridized carbons (Fsp3) is 0.519. The summed E-state index contributed by atoms with van der Waals surface area (Å²) in [5.41, 5.74) is 2.61. The quantitative estimate of drug-likeness (QED) is 0.661. The molecule has 2 aromatic rings. The van der Waals surface area contributed by atoms with Gasteiger partial charge in [-0.1, -0.05) is 30.3 Å². The number of nitrogens with one attached hydrogen (secondary N) is 1. The number of piperidine rings is 2. The first-order valence-corrected chi connectivity index (χ1v) is 13.4. The van der Waals surface area contributed by atoms with Gasteiger partial charge in [0.2, 0.25) is 11.8 Å². The lowest BCUT2D eigenvalue weighted by Gasteiger charge is -2.32. The number of anilines is 1. The molecule has 0 radical (unpaired) electrons. The highest BCUT2D eigenvalue weighted by atomic mass is 32.1. The van der Waals surface area contributed by atoms with Gasteiger partial charge in [0.05, 0.1) is 11.5 Å². The first-order valence-electron chi connectivity index (χ1n) is 12.6. The van der Waals surface area contributed by atoms with Crippen LogP contribution in [0.15, 0.2) is 30.3 Å². The number of likely N-dealkylation sites (tertiary alicyclic amines) is 2. The fourth-order valence-electron chi connectivity index (χ4n) is 5.17. The highest BCUT2D eigenvalue weighted by Crippen LogP contribution is 2.41. The van der Waals surface area contributed by atoms with Crippen molar-refractivity contribution in [3.05, 3.63) is 41.5 Å². The molecule has 0 bridgehead atoms. The number of thiophene rings is 1. The summed E-state index contributed by atoms with van der Waals surface area (Å²) in [5, 5.41) is 3.77. The molecule has 3 heterocycles. The van der Waals surface area contributed by atoms with Gasteiger partial charge in [0, 0.05) is 37.0 Å². The molecule has 1 unspecified atom stereocenters. The third-order valence-corrected chi connectivity index (χ3v) is 8.56. The Labute approximate surface area is 205 Å². The molecule has 1 atom stereocenters. The predicted molar refractivity (Wildman–Crippen MR) is 135 cm³/mol. The van der Waals surface area contributed by atoms with Crippen molar-refractivity contribution in [3.8, 4) is 10.4 Å². The van der Waals surface area contributed by atoms with Gasteiger partial charge in [-0.15, -0.1) is 11.3 Å². The van der Waals surface area contributed by atoms with Gasteiger partial charge in [0.15, 0.2) is 0 Å². The van der Waals surface area contributed by atoms with E-state index in [4.69, 9.17) is 0 Å². The summed E-state index contributed by atoms with van der Waals surface area (Å²) in [6.07, 6.45) is 6.77. The van der Waals surface area contributed by atoms with Crippen LogP contribution in [-0.4, -0.2) is 53.7 Å². The molecule has 1 aromatic carbocycles. The van der Waals surface area contributed by atoms with Crippen LogP contribution in [-0.2, 0) is 9.59 Å². The Bertz CT molecular complexity index is 1070. The number of carbonyl (C=O) groups excluding carboxylic acids is 3. The molecule has 3 amide bonds. The zero-order valence-corrected chi connectivity index (χ0v) is 20.7. The molecule has 0 spiro atoms. The van der Waals surface area contributed by atoms with Crippen LogP contribution in [0.2, 0.25) is 0 Å². The van der Waals surface area contributed by atoms with E-state index in [9.17, 15) is 14.4 Å². The van der Waals surface area contributed by atoms with Crippen LogP contribution >= 0.6 is 11.3 Å². The highest BCUT2D eigenvalue weighted by Gasteiger charge is 2.37. The monoisotopic (exact) mass is 479 g/mol. The highest BCUT2D eigenvalue weighted by molar-refractivity contribution is 7.20. The Morgan fingerprint density at radius 1 is 0.882 bits per heavy atom. The number of hydrogen-bond acceptors (Lipinski definition) is 4. The second-order valence-corrected chi connectivity index (χ2v) is 10.9. The van der Waals surface area contributed by atoms with Gasteiger partial charge in [-0.05, 0) is 63.0 Å². The van der Waals surface area contributed by atoms with E-state index in [1.54, 1.807) is 0 Å². The summed E-state index contributed by atoms with van der Waals surface area (Å²) in [4.78, 5) is 44.3. The number of benzene rings is 1. The van der Waals surface area contributed by atoms with Gasteiger partial charge >= 0.3 is 0 Å². The number of nitrogens with zero attached hydrogens (tertiary/aromatic N) is 2. The molecular formula is C27H33N3O3S. The van der Waals surface area contributed by atoms with Crippen LogP contribution < -0.4 is 5.32 Å². The zero-order valence-electron chi connectivity index (χ0n) is 19.8. The van der Waals surface area contributed by atoms with Gasteiger partial charge in [-0.25, -0.2) is 0 Å². The first kappa shape index (κ1) is 23.1. The maximum Gasteiger partial charge on any atom is 0.257 e. The molecule has 2 aliphatic heterocycles. The van der Waals surface area contributed by atoms with Gasteiger partial charge in [0.25, 0.3) is 5.91 Å². The number of rotatable bonds is 5. The van der Waals surface area contributed by atoms with Crippen molar-refractivity contribution in [1.29, 1.82) is 0 Å². The van der Waals surface area contributed by atoms with Crippen molar-refractivity contribution in [2.75, 3.05) is 31.5 Å².